The van der Waals surface area contributed by atoms with Gasteiger partial charge < -0.3 is 4.90 Å². The fraction of sp³-hybridized carbons (Fsp3) is 0.217. The van der Waals surface area contributed by atoms with Crippen molar-refractivity contribution in [2.24, 2.45) is 0 Å². The van der Waals surface area contributed by atoms with Crippen molar-refractivity contribution in [2.45, 2.75) is 20.0 Å². The summed E-state index contributed by atoms with van der Waals surface area (Å²) in [5.74, 6) is 0.0898. The molecule has 1 amide bonds. The number of pyridine rings is 1. The Morgan fingerprint density at radius 2 is 1.85 bits per heavy atom. The van der Waals surface area contributed by atoms with Crippen LogP contribution in [0.1, 0.15) is 18.1 Å². The van der Waals surface area contributed by atoms with Crippen LogP contribution in [0.2, 0.25) is 0 Å². The van der Waals surface area contributed by atoms with E-state index in [1.807, 2.05) is 23.2 Å². The molecule has 136 valence electrons. The van der Waals surface area contributed by atoms with Crippen molar-refractivity contribution in [1.29, 1.82) is 0 Å². The first kappa shape index (κ1) is 17.4. The van der Waals surface area contributed by atoms with Crippen molar-refractivity contribution in [3.8, 4) is 11.1 Å². The summed E-state index contributed by atoms with van der Waals surface area (Å²) in [4.78, 5) is 20.8. The number of fused-ring (bicyclic) bond motifs is 1. The van der Waals surface area contributed by atoms with Crippen LogP contribution < -0.4 is 4.90 Å². The number of carbonyl (C=O) groups is 1. The second-order valence-electron chi connectivity index (χ2n) is 6.95. The molecular formula is C23H23N3O. The molecule has 0 spiro atoms. The van der Waals surface area contributed by atoms with E-state index in [9.17, 15) is 4.79 Å². The summed E-state index contributed by atoms with van der Waals surface area (Å²) in [7, 11) is 0. The van der Waals surface area contributed by atoms with Crippen molar-refractivity contribution in [1.82, 2.24) is 9.88 Å². The Kier molecular flexibility index (Phi) is 4.99. The van der Waals surface area contributed by atoms with Gasteiger partial charge in [0.25, 0.3) is 0 Å². The molecule has 1 aliphatic heterocycles. The average molecular weight is 357 g/mol. The van der Waals surface area contributed by atoms with Crippen LogP contribution in [0, 0.1) is 0 Å². The van der Waals surface area contributed by atoms with Gasteiger partial charge in [-0.1, -0.05) is 42.5 Å². The molecule has 4 rings (SSSR count). The molecule has 1 aliphatic rings. The molecule has 0 bridgehead atoms. The smallest absolute Gasteiger partial charge is 0.223 e. The van der Waals surface area contributed by atoms with Crippen molar-refractivity contribution < 1.29 is 4.79 Å². The summed E-state index contributed by atoms with van der Waals surface area (Å²) in [5, 5.41) is 0. The highest BCUT2D eigenvalue weighted by molar-refractivity contribution is 5.93. The molecule has 0 aliphatic carbocycles. The molecule has 2 aromatic carbocycles. The molecule has 4 heteroatoms. The van der Waals surface area contributed by atoms with Gasteiger partial charge in [-0.3, -0.25) is 14.7 Å². The minimum absolute atomic E-state index is 0.0898. The Labute approximate surface area is 160 Å². The van der Waals surface area contributed by atoms with Crippen LogP contribution >= 0.6 is 0 Å². The zero-order chi connectivity index (χ0) is 18.6. The minimum Gasteiger partial charge on any atom is -0.311 e. The lowest BCUT2D eigenvalue weighted by Gasteiger charge is -2.21. The SMILES string of the molecule is CC(=O)N1CCN(Cc2ccccc2)Cc2cc(-c3cccnc3)ccc21. The first-order valence-corrected chi connectivity index (χ1v) is 9.28. The summed E-state index contributed by atoms with van der Waals surface area (Å²) in [6, 6.07) is 20.9. The summed E-state index contributed by atoms with van der Waals surface area (Å²) in [6.07, 6.45) is 3.66. The third-order valence-corrected chi connectivity index (χ3v) is 5.03. The third kappa shape index (κ3) is 3.91. The average Bonchev–Trinajstić information content (AvgIpc) is 2.88. The third-order valence-electron chi connectivity index (χ3n) is 5.03. The Hall–Kier alpha value is -2.98. The normalized spacial score (nSPS) is 14.5. The highest BCUT2D eigenvalue weighted by atomic mass is 16.2. The number of aromatic nitrogens is 1. The van der Waals surface area contributed by atoms with Gasteiger partial charge in [0, 0.05) is 51.2 Å². The van der Waals surface area contributed by atoms with Gasteiger partial charge in [-0.15, -0.1) is 0 Å². The van der Waals surface area contributed by atoms with Crippen molar-refractivity contribution in [2.75, 3.05) is 18.0 Å². The van der Waals surface area contributed by atoms with E-state index in [0.717, 1.165) is 36.4 Å². The molecule has 0 saturated carbocycles. The topological polar surface area (TPSA) is 36.4 Å². The number of benzene rings is 2. The number of anilines is 1. The number of amides is 1. The highest BCUT2D eigenvalue weighted by Gasteiger charge is 2.22. The molecule has 4 nitrogen and oxygen atoms in total. The largest absolute Gasteiger partial charge is 0.311 e. The predicted molar refractivity (Wildman–Crippen MR) is 108 cm³/mol. The van der Waals surface area contributed by atoms with Gasteiger partial charge in [-0.25, -0.2) is 0 Å². The summed E-state index contributed by atoms with van der Waals surface area (Å²) in [5.41, 5.74) is 5.71. The summed E-state index contributed by atoms with van der Waals surface area (Å²) < 4.78 is 0. The van der Waals surface area contributed by atoms with Crippen LogP contribution in [-0.4, -0.2) is 28.9 Å². The number of hydrogen-bond donors (Lipinski definition) is 0. The van der Waals surface area contributed by atoms with E-state index >= 15 is 0 Å². The Bertz CT molecular complexity index is 925. The van der Waals surface area contributed by atoms with Gasteiger partial charge in [0.2, 0.25) is 5.91 Å². The first-order valence-electron chi connectivity index (χ1n) is 9.28. The zero-order valence-electron chi connectivity index (χ0n) is 15.5. The van der Waals surface area contributed by atoms with Gasteiger partial charge in [-0.2, -0.15) is 0 Å². The van der Waals surface area contributed by atoms with E-state index in [2.05, 4.69) is 58.4 Å². The molecule has 3 aromatic rings. The van der Waals surface area contributed by atoms with E-state index in [-0.39, 0.29) is 5.91 Å². The van der Waals surface area contributed by atoms with Gasteiger partial charge in [0.05, 0.1) is 0 Å². The number of rotatable bonds is 3. The lowest BCUT2D eigenvalue weighted by Crippen LogP contribution is -2.34. The standard InChI is InChI=1S/C23H23N3O/c1-18(27)26-13-12-25(16-19-6-3-2-4-7-19)17-22-14-20(9-10-23(22)26)21-8-5-11-24-15-21/h2-11,14-15H,12-13,16-17H2,1H3. The molecule has 0 unspecified atom stereocenters. The molecule has 0 radical (unpaired) electrons. The minimum atomic E-state index is 0.0898. The van der Waals surface area contributed by atoms with E-state index in [4.69, 9.17) is 0 Å². The maximum Gasteiger partial charge on any atom is 0.223 e. The Morgan fingerprint density at radius 3 is 2.59 bits per heavy atom. The van der Waals surface area contributed by atoms with Crippen molar-refractivity contribution in [3.63, 3.8) is 0 Å². The monoisotopic (exact) mass is 357 g/mol. The fourth-order valence-electron chi connectivity index (χ4n) is 3.67. The van der Waals surface area contributed by atoms with E-state index < -0.39 is 0 Å². The maximum atomic E-state index is 12.2. The summed E-state index contributed by atoms with van der Waals surface area (Å²) in [6.45, 7) is 4.91. The van der Waals surface area contributed by atoms with E-state index in [1.165, 1.54) is 11.1 Å². The van der Waals surface area contributed by atoms with E-state index in [0.29, 0.717) is 6.54 Å². The van der Waals surface area contributed by atoms with Gasteiger partial charge >= 0.3 is 0 Å². The number of nitrogens with zero attached hydrogens (tertiary/aromatic N) is 3. The van der Waals surface area contributed by atoms with Crippen LogP contribution in [-0.2, 0) is 17.9 Å². The Balaban J connectivity index is 1.68. The molecule has 0 fully saturated rings. The predicted octanol–water partition coefficient (Wildman–Crippen LogP) is 4.12. The maximum absolute atomic E-state index is 12.2. The lowest BCUT2D eigenvalue weighted by molar-refractivity contribution is -0.116. The van der Waals surface area contributed by atoms with Crippen LogP contribution in [0.15, 0.2) is 73.1 Å². The molecule has 27 heavy (non-hydrogen) atoms. The fourth-order valence-corrected chi connectivity index (χ4v) is 3.67. The Morgan fingerprint density at radius 1 is 1.00 bits per heavy atom. The second kappa shape index (κ2) is 7.72. The van der Waals surface area contributed by atoms with Gasteiger partial charge in [0.15, 0.2) is 0 Å². The molecule has 2 heterocycles. The molecule has 1 aromatic heterocycles. The highest BCUT2D eigenvalue weighted by Crippen LogP contribution is 2.30. The number of carbonyl (C=O) groups excluding carboxylic acids is 1. The van der Waals surface area contributed by atoms with Crippen LogP contribution in [0.25, 0.3) is 11.1 Å². The molecular weight excluding hydrogens is 334 g/mol. The van der Waals surface area contributed by atoms with Gasteiger partial charge in [0.1, 0.15) is 0 Å². The van der Waals surface area contributed by atoms with Crippen molar-refractivity contribution >= 4 is 11.6 Å². The quantitative estimate of drug-likeness (QED) is 0.708. The molecule has 0 atom stereocenters. The molecule has 0 N–H and O–H groups in total. The van der Waals surface area contributed by atoms with Crippen LogP contribution in [0.3, 0.4) is 0 Å². The first-order chi connectivity index (χ1) is 13.2. The zero-order valence-corrected chi connectivity index (χ0v) is 15.5. The van der Waals surface area contributed by atoms with Crippen LogP contribution in [0.4, 0.5) is 5.69 Å². The van der Waals surface area contributed by atoms with Gasteiger partial charge in [-0.05, 0) is 40.5 Å². The summed E-state index contributed by atoms with van der Waals surface area (Å²) >= 11 is 0. The van der Waals surface area contributed by atoms with Crippen molar-refractivity contribution in [3.05, 3.63) is 84.2 Å². The molecule has 0 saturated heterocycles. The number of hydrogen-bond acceptors (Lipinski definition) is 3. The lowest BCUT2D eigenvalue weighted by atomic mass is 10.0. The van der Waals surface area contributed by atoms with E-state index in [1.54, 1.807) is 13.1 Å². The van der Waals surface area contributed by atoms with Crippen LogP contribution in [0.5, 0.6) is 0 Å². The second-order valence-corrected chi connectivity index (χ2v) is 6.95.